The van der Waals surface area contributed by atoms with Gasteiger partial charge in [-0.15, -0.1) is 0 Å². The Balaban J connectivity index is 2.25. The second kappa shape index (κ2) is 6.25. The van der Waals surface area contributed by atoms with Crippen molar-refractivity contribution in [1.82, 2.24) is 0 Å². The van der Waals surface area contributed by atoms with E-state index in [0.717, 1.165) is 5.56 Å². The maximum Gasteiger partial charge on any atom is 0.312 e. The van der Waals surface area contributed by atoms with Crippen LogP contribution in [0.4, 0.5) is 0 Å². The second-order valence-electron chi connectivity index (χ2n) is 7.84. The van der Waals surface area contributed by atoms with E-state index in [9.17, 15) is 4.79 Å². The number of benzene rings is 1. The molecule has 1 aliphatic carbocycles. The molecule has 1 fully saturated rings. The molecule has 0 bridgehead atoms. The van der Waals surface area contributed by atoms with E-state index >= 15 is 0 Å². The van der Waals surface area contributed by atoms with Crippen LogP contribution in [-0.4, -0.2) is 27.0 Å². The van der Waals surface area contributed by atoms with E-state index in [4.69, 9.17) is 9.16 Å². The van der Waals surface area contributed by atoms with Gasteiger partial charge in [0.2, 0.25) is 0 Å². The van der Waals surface area contributed by atoms with Gasteiger partial charge in [-0.05, 0) is 30.1 Å². The molecule has 1 aromatic carbocycles. The van der Waals surface area contributed by atoms with Crippen LogP contribution in [0.2, 0.25) is 18.1 Å². The van der Waals surface area contributed by atoms with Gasteiger partial charge in [-0.3, -0.25) is 4.79 Å². The minimum absolute atomic E-state index is 0.101. The largest absolute Gasteiger partial charge is 0.469 e. The zero-order chi connectivity index (χ0) is 17.3. The highest BCUT2D eigenvalue weighted by Crippen LogP contribution is 2.53. The van der Waals surface area contributed by atoms with Gasteiger partial charge in [-0.1, -0.05) is 63.3 Å². The van der Waals surface area contributed by atoms with Crippen LogP contribution in [0.3, 0.4) is 0 Å². The maximum atomic E-state index is 12.0. The van der Waals surface area contributed by atoms with Gasteiger partial charge in [-0.25, -0.2) is 0 Å². The SMILES string of the molecule is COC(=O)[C@H]1C[C@]1(/C=C/c1ccccc1)O[Si](C)(C)C(C)(C)C. The Hall–Kier alpha value is -1.39. The van der Waals surface area contributed by atoms with Crippen molar-refractivity contribution in [3.63, 3.8) is 0 Å². The highest BCUT2D eigenvalue weighted by molar-refractivity contribution is 6.74. The molecule has 0 N–H and O–H groups in total. The lowest BCUT2D eigenvalue weighted by Gasteiger charge is -2.39. The van der Waals surface area contributed by atoms with Crippen LogP contribution < -0.4 is 0 Å². The van der Waals surface area contributed by atoms with Crippen molar-refractivity contribution >= 4 is 20.4 Å². The number of hydrogen-bond acceptors (Lipinski definition) is 3. The van der Waals surface area contributed by atoms with Gasteiger partial charge in [0.05, 0.1) is 18.6 Å². The van der Waals surface area contributed by atoms with Crippen LogP contribution in [0.5, 0.6) is 0 Å². The summed E-state index contributed by atoms with van der Waals surface area (Å²) in [6, 6.07) is 10.1. The Morgan fingerprint density at radius 1 is 1.26 bits per heavy atom. The first kappa shape index (κ1) is 18.0. The summed E-state index contributed by atoms with van der Waals surface area (Å²) < 4.78 is 11.6. The van der Waals surface area contributed by atoms with Crippen molar-refractivity contribution in [2.45, 2.75) is 50.9 Å². The monoisotopic (exact) mass is 332 g/mol. The standard InChI is InChI=1S/C19H28O3Si/c1-18(2,3)23(5,6)22-19(14-16(19)17(20)21-4)13-12-15-10-8-7-9-11-15/h7-13,16H,14H2,1-6H3/b13-12+/t16-,19+/m1/s1. The van der Waals surface area contributed by atoms with Crippen molar-refractivity contribution in [3.05, 3.63) is 42.0 Å². The van der Waals surface area contributed by atoms with Crippen molar-refractivity contribution in [3.8, 4) is 0 Å². The summed E-state index contributed by atoms with van der Waals surface area (Å²) in [5, 5.41) is 0.101. The predicted octanol–water partition coefficient (Wildman–Crippen LogP) is 4.65. The van der Waals surface area contributed by atoms with E-state index in [0.29, 0.717) is 6.42 Å². The number of carbonyl (C=O) groups is 1. The fourth-order valence-electron chi connectivity index (χ4n) is 2.45. The smallest absolute Gasteiger partial charge is 0.312 e. The molecule has 2 atom stereocenters. The fraction of sp³-hybridized carbons (Fsp3) is 0.526. The summed E-state index contributed by atoms with van der Waals surface area (Å²) in [5.41, 5.74) is 0.604. The molecule has 0 radical (unpaired) electrons. The van der Waals surface area contributed by atoms with Crippen LogP contribution in [-0.2, 0) is 14.0 Å². The second-order valence-corrected chi connectivity index (χ2v) is 12.6. The summed E-state index contributed by atoms with van der Waals surface area (Å²) in [5.74, 6) is -0.372. The number of rotatable bonds is 5. The molecule has 0 spiro atoms. The number of esters is 1. The summed E-state index contributed by atoms with van der Waals surface area (Å²) >= 11 is 0. The topological polar surface area (TPSA) is 35.5 Å². The quantitative estimate of drug-likeness (QED) is 0.581. The van der Waals surface area contributed by atoms with Crippen molar-refractivity contribution in [2.75, 3.05) is 7.11 Å². The van der Waals surface area contributed by atoms with Crippen LogP contribution in [0.1, 0.15) is 32.8 Å². The van der Waals surface area contributed by atoms with E-state index in [1.54, 1.807) is 0 Å². The van der Waals surface area contributed by atoms with E-state index in [1.807, 2.05) is 30.3 Å². The van der Waals surface area contributed by atoms with Gasteiger partial charge in [-0.2, -0.15) is 0 Å². The van der Waals surface area contributed by atoms with Gasteiger partial charge in [0.15, 0.2) is 8.32 Å². The summed E-state index contributed by atoms with van der Waals surface area (Å²) in [4.78, 5) is 12.0. The number of hydrogen-bond donors (Lipinski definition) is 0. The van der Waals surface area contributed by atoms with E-state index < -0.39 is 13.9 Å². The third kappa shape index (κ3) is 3.93. The van der Waals surface area contributed by atoms with Gasteiger partial charge in [0.1, 0.15) is 0 Å². The average Bonchev–Trinajstić information content (AvgIpc) is 3.18. The maximum absolute atomic E-state index is 12.0. The molecule has 0 unspecified atom stereocenters. The third-order valence-electron chi connectivity index (χ3n) is 5.05. The Morgan fingerprint density at radius 2 is 1.87 bits per heavy atom. The highest BCUT2D eigenvalue weighted by Gasteiger charge is 2.61. The molecule has 0 heterocycles. The van der Waals surface area contributed by atoms with Crippen LogP contribution in [0.15, 0.2) is 36.4 Å². The van der Waals surface area contributed by atoms with Gasteiger partial charge in [0, 0.05) is 0 Å². The van der Waals surface area contributed by atoms with Gasteiger partial charge < -0.3 is 9.16 Å². The number of carbonyl (C=O) groups excluding carboxylic acids is 1. The van der Waals surface area contributed by atoms with E-state index in [2.05, 4.69) is 46.0 Å². The van der Waals surface area contributed by atoms with Crippen LogP contribution in [0.25, 0.3) is 6.08 Å². The van der Waals surface area contributed by atoms with E-state index in [-0.39, 0.29) is 16.9 Å². The number of ether oxygens (including phenoxy) is 1. The summed E-state index contributed by atoms with van der Waals surface area (Å²) in [6.45, 7) is 11.1. The van der Waals surface area contributed by atoms with Crippen molar-refractivity contribution < 1.29 is 14.0 Å². The molecule has 0 aliphatic heterocycles. The van der Waals surface area contributed by atoms with Gasteiger partial charge in [0.25, 0.3) is 0 Å². The minimum Gasteiger partial charge on any atom is -0.469 e. The minimum atomic E-state index is -1.98. The summed E-state index contributed by atoms with van der Waals surface area (Å²) in [6.07, 6.45) is 4.82. The predicted molar refractivity (Wildman–Crippen MR) is 96.6 cm³/mol. The fourth-order valence-corrected chi connectivity index (χ4v) is 4.00. The zero-order valence-corrected chi connectivity index (χ0v) is 16.1. The first-order valence-electron chi connectivity index (χ1n) is 8.14. The van der Waals surface area contributed by atoms with Crippen molar-refractivity contribution in [2.24, 2.45) is 5.92 Å². The normalized spacial score (nSPS) is 24.7. The van der Waals surface area contributed by atoms with Crippen LogP contribution >= 0.6 is 0 Å². The third-order valence-corrected chi connectivity index (χ3v) is 9.55. The Morgan fingerprint density at radius 3 is 2.39 bits per heavy atom. The molecular formula is C19H28O3Si. The molecule has 1 aliphatic rings. The molecule has 0 amide bonds. The molecule has 3 nitrogen and oxygen atoms in total. The summed E-state index contributed by atoms with van der Waals surface area (Å²) in [7, 11) is -0.532. The van der Waals surface area contributed by atoms with Gasteiger partial charge >= 0.3 is 5.97 Å². The Bertz CT molecular complexity index is 586. The molecule has 1 saturated carbocycles. The molecule has 1 aromatic rings. The van der Waals surface area contributed by atoms with E-state index in [1.165, 1.54) is 7.11 Å². The lowest BCUT2D eigenvalue weighted by molar-refractivity contribution is -0.143. The molecule has 0 saturated heterocycles. The molecule has 4 heteroatoms. The molecule has 0 aromatic heterocycles. The molecule has 23 heavy (non-hydrogen) atoms. The molecule has 2 rings (SSSR count). The lowest BCUT2D eigenvalue weighted by atomic mass is 10.1. The lowest BCUT2D eigenvalue weighted by Crippen LogP contribution is -2.45. The van der Waals surface area contributed by atoms with Crippen molar-refractivity contribution in [1.29, 1.82) is 0 Å². The van der Waals surface area contributed by atoms with Crippen LogP contribution in [0, 0.1) is 5.92 Å². The first-order valence-corrected chi connectivity index (χ1v) is 11.0. The molecular weight excluding hydrogens is 304 g/mol. The first-order chi connectivity index (χ1) is 10.6. The Kier molecular flexibility index (Phi) is 4.88. The Labute approximate surface area is 140 Å². The average molecular weight is 333 g/mol. The molecule has 126 valence electrons. The number of methoxy groups -OCH3 is 1. The zero-order valence-electron chi connectivity index (χ0n) is 15.1. The highest BCUT2D eigenvalue weighted by atomic mass is 28.4.